The smallest absolute Gasteiger partial charge is 0.0637 e. The van der Waals surface area contributed by atoms with Gasteiger partial charge in [0.15, 0.2) is 0 Å². The highest BCUT2D eigenvalue weighted by atomic mass is 79.9. The average Bonchev–Trinajstić information content (AvgIpc) is 2.49. The Morgan fingerprint density at radius 1 is 1.38 bits per heavy atom. The standard InChI is InChI=1S/C16H27BrN2O2/c1-4-7-18-13(2)15-12-14(17)5-6-16(15)19(8-10-20)9-11-21-3/h5-6,12-13,18,20H,4,7-11H2,1-3H3. The van der Waals surface area contributed by atoms with Gasteiger partial charge in [-0.15, -0.1) is 0 Å². The number of benzene rings is 1. The Hall–Kier alpha value is -0.620. The fraction of sp³-hybridized carbons (Fsp3) is 0.625. The summed E-state index contributed by atoms with van der Waals surface area (Å²) in [6.07, 6.45) is 1.11. The van der Waals surface area contributed by atoms with Crippen molar-refractivity contribution in [3.63, 3.8) is 0 Å². The van der Waals surface area contributed by atoms with Crippen LogP contribution in [0.1, 0.15) is 31.9 Å². The molecule has 0 saturated carbocycles. The van der Waals surface area contributed by atoms with Gasteiger partial charge in [-0.25, -0.2) is 0 Å². The number of rotatable bonds is 10. The van der Waals surface area contributed by atoms with Gasteiger partial charge in [0.05, 0.1) is 13.2 Å². The Labute approximate surface area is 136 Å². The summed E-state index contributed by atoms with van der Waals surface area (Å²) in [5, 5.41) is 12.8. The van der Waals surface area contributed by atoms with Crippen LogP contribution < -0.4 is 10.2 Å². The maximum absolute atomic E-state index is 9.32. The van der Waals surface area contributed by atoms with Crippen molar-refractivity contribution in [3.05, 3.63) is 28.2 Å². The van der Waals surface area contributed by atoms with E-state index in [0.717, 1.165) is 29.7 Å². The third-order valence-electron chi connectivity index (χ3n) is 3.43. The first-order chi connectivity index (χ1) is 10.1. The van der Waals surface area contributed by atoms with E-state index in [-0.39, 0.29) is 12.6 Å². The molecule has 0 heterocycles. The van der Waals surface area contributed by atoms with E-state index in [9.17, 15) is 5.11 Å². The van der Waals surface area contributed by atoms with E-state index < -0.39 is 0 Å². The lowest BCUT2D eigenvalue weighted by Crippen LogP contribution is -2.32. The molecule has 21 heavy (non-hydrogen) atoms. The Morgan fingerprint density at radius 2 is 2.14 bits per heavy atom. The molecule has 5 heteroatoms. The fourth-order valence-corrected chi connectivity index (χ4v) is 2.68. The second-order valence-corrected chi connectivity index (χ2v) is 6.00. The van der Waals surface area contributed by atoms with Gasteiger partial charge >= 0.3 is 0 Å². The van der Waals surface area contributed by atoms with Crippen molar-refractivity contribution in [1.29, 1.82) is 0 Å². The molecule has 0 saturated heterocycles. The van der Waals surface area contributed by atoms with Crippen molar-refractivity contribution in [3.8, 4) is 0 Å². The lowest BCUT2D eigenvalue weighted by Gasteiger charge is -2.28. The van der Waals surface area contributed by atoms with Gasteiger partial charge in [-0.3, -0.25) is 0 Å². The van der Waals surface area contributed by atoms with Crippen molar-refractivity contribution < 1.29 is 9.84 Å². The molecule has 0 amide bonds. The largest absolute Gasteiger partial charge is 0.395 e. The summed E-state index contributed by atoms with van der Waals surface area (Å²) in [6.45, 7) is 7.49. The van der Waals surface area contributed by atoms with Crippen molar-refractivity contribution in [2.45, 2.75) is 26.3 Å². The van der Waals surface area contributed by atoms with Crippen LogP contribution in [-0.4, -0.2) is 45.1 Å². The van der Waals surface area contributed by atoms with Crippen LogP contribution in [0.25, 0.3) is 0 Å². The maximum atomic E-state index is 9.32. The minimum atomic E-state index is 0.135. The summed E-state index contributed by atoms with van der Waals surface area (Å²) in [4.78, 5) is 2.18. The minimum absolute atomic E-state index is 0.135. The van der Waals surface area contributed by atoms with Gasteiger partial charge in [0.25, 0.3) is 0 Å². The number of methoxy groups -OCH3 is 1. The SMILES string of the molecule is CCCNC(C)c1cc(Br)ccc1N(CCO)CCOC. The molecule has 1 aromatic rings. The summed E-state index contributed by atoms with van der Waals surface area (Å²) >= 11 is 3.55. The van der Waals surface area contributed by atoms with Gasteiger partial charge in [-0.2, -0.15) is 0 Å². The number of anilines is 1. The zero-order chi connectivity index (χ0) is 15.7. The van der Waals surface area contributed by atoms with Crippen molar-refractivity contribution in [2.75, 3.05) is 44.9 Å². The first-order valence-electron chi connectivity index (χ1n) is 7.51. The summed E-state index contributed by atoms with van der Waals surface area (Å²) in [5.74, 6) is 0. The number of halogens is 1. The molecule has 120 valence electrons. The molecule has 0 bridgehead atoms. The number of ether oxygens (including phenoxy) is 1. The van der Waals surface area contributed by atoms with E-state index in [1.165, 1.54) is 5.56 Å². The number of hydrogen-bond donors (Lipinski definition) is 2. The molecule has 1 atom stereocenters. The number of hydrogen-bond acceptors (Lipinski definition) is 4. The van der Waals surface area contributed by atoms with Gasteiger partial charge in [-0.05, 0) is 43.7 Å². The summed E-state index contributed by atoms with van der Waals surface area (Å²) in [6, 6.07) is 6.57. The lowest BCUT2D eigenvalue weighted by molar-refractivity contribution is 0.203. The second kappa shape index (κ2) is 10.2. The number of nitrogens with one attached hydrogen (secondary N) is 1. The lowest BCUT2D eigenvalue weighted by atomic mass is 10.0. The third-order valence-corrected chi connectivity index (χ3v) is 3.93. The van der Waals surface area contributed by atoms with Gasteiger partial charge in [-0.1, -0.05) is 22.9 Å². The number of aliphatic hydroxyl groups is 1. The van der Waals surface area contributed by atoms with Crippen molar-refractivity contribution in [2.24, 2.45) is 0 Å². The monoisotopic (exact) mass is 358 g/mol. The topological polar surface area (TPSA) is 44.7 Å². The minimum Gasteiger partial charge on any atom is -0.395 e. The summed E-state index contributed by atoms with van der Waals surface area (Å²) in [5.41, 5.74) is 2.39. The van der Waals surface area contributed by atoms with Crippen molar-refractivity contribution in [1.82, 2.24) is 5.32 Å². The van der Waals surface area contributed by atoms with Gasteiger partial charge in [0, 0.05) is 36.4 Å². The van der Waals surface area contributed by atoms with E-state index in [4.69, 9.17) is 4.74 Å². The van der Waals surface area contributed by atoms with Crippen LogP contribution in [0.2, 0.25) is 0 Å². The fourth-order valence-electron chi connectivity index (χ4n) is 2.31. The zero-order valence-corrected chi connectivity index (χ0v) is 14.8. The molecule has 0 aromatic heterocycles. The van der Waals surface area contributed by atoms with Crippen LogP contribution in [0.4, 0.5) is 5.69 Å². The molecule has 1 aromatic carbocycles. The molecular formula is C16H27BrN2O2. The van der Waals surface area contributed by atoms with E-state index in [1.54, 1.807) is 7.11 Å². The van der Waals surface area contributed by atoms with Gasteiger partial charge in [0.2, 0.25) is 0 Å². The Morgan fingerprint density at radius 3 is 2.76 bits per heavy atom. The van der Waals surface area contributed by atoms with Gasteiger partial charge < -0.3 is 20.1 Å². The first kappa shape index (κ1) is 18.4. The molecule has 0 spiro atoms. The molecule has 0 aliphatic heterocycles. The normalized spacial score (nSPS) is 12.4. The Balaban J connectivity index is 3.01. The van der Waals surface area contributed by atoms with Gasteiger partial charge in [0.1, 0.15) is 0 Å². The van der Waals surface area contributed by atoms with Crippen LogP contribution in [0.3, 0.4) is 0 Å². The maximum Gasteiger partial charge on any atom is 0.0637 e. The van der Waals surface area contributed by atoms with Crippen molar-refractivity contribution >= 4 is 21.6 Å². The predicted octanol–water partition coefficient (Wildman–Crippen LogP) is 2.95. The van der Waals surface area contributed by atoms with Crippen LogP contribution in [-0.2, 0) is 4.74 Å². The highest BCUT2D eigenvalue weighted by molar-refractivity contribution is 9.10. The quantitative estimate of drug-likeness (QED) is 0.674. The van der Waals surface area contributed by atoms with Crippen LogP contribution >= 0.6 is 15.9 Å². The molecule has 0 fully saturated rings. The molecule has 2 N–H and O–H groups in total. The first-order valence-corrected chi connectivity index (χ1v) is 8.30. The molecule has 1 rings (SSSR count). The summed E-state index contributed by atoms with van der Waals surface area (Å²) < 4.78 is 6.25. The van der Waals surface area contributed by atoms with E-state index >= 15 is 0 Å². The highest BCUT2D eigenvalue weighted by Gasteiger charge is 2.15. The molecule has 4 nitrogen and oxygen atoms in total. The zero-order valence-electron chi connectivity index (χ0n) is 13.2. The predicted molar refractivity (Wildman–Crippen MR) is 92.0 cm³/mol. The van der Waals surface area contributed by atoms with E-state index in [2.05, 4.69) is 52.1 Å². The van der Waals surface area contributed by atoms with Crippen LogP contribution in [0.5, 0.6) is 0 Å². The molecule has 1 unspecified atom stereocenters. The van der Waals surface area contributed by atoms with E-state index in [1.807, 2.05) is 6.07 Å². The third kappa shape index (κ3) is 5.94. The number of nitrogens with zero attached hydrogens (tertiary/aromatic N) is 1. The number of aliphatic hydroxyl groups excluding tert-OH is 1. The molecule has 0 aliphatic carbocycles. The Bertz CT molecular complexity index is 415. The van der Waals surface area contributed by atoms with Crippen LogP contribution in [0, 0.1) is 0 Å². The molecular weight excluding hydrogens is 332 g/mol. The van der Waals surface area contributed by atoms with Crippen LogP contribution in [0.15, 0.2) is 22.7 Å². The molecule has 0 aliphatic rings. The Kier molecular flexibility index (Phi) is 8.92. The van der Waals surface area contributed by atoms with E-state index in [0.29, 0.717) is 13.2 Å². The average molecular weight is 359 g/mol. The summed E-state index contributed by atoms with van der Waals surface area (Å²) in [7, 11) is 1.70. The second-order valence-electron chi connectivity index (χ2n) is 5.08. The molecule has 0 radical (unpaired) electrons. The highest BCUT2D eigenvalue weighted by Crippen LogP contribution is 2.29.